The Morgan fingerprint density at radius 1 is 0.862 bits per heavy atom. The Hall–Kier alpha value is -3.68. The third-order valence-electron chi connectivity index (χ3n) is 4.22. The van der Waals surface area contributed by atoms with E-state index in [1.54, 1.807) is 19.2 Å². The van der Waals surface area contributed by atoms with Crippen LogP contribution in [0.25, 0.3) is 11.3 Å². The van der Waals surface area contributed by atoms with Gasteiger partial charge in [0.1, 0.15) is 22.8 Å². The molecule has 0 atom stereocenters. The summed E-state index contributed by atoms with van der Waals surface area (Å²) in [6, 6.07) is 12.2. The number of carbonyl (C=O) groups excluding carboxylic acids is 1. The van der Waals surface area contributed by atoms with E-state index in [1.807, 2.05) is 24.3 Å². The van der Waals surface area contributed by atoms with Crippen molar-refractivity contribution in [1.82, 2.24) is 5.16 Å². The van der Waals surface area contributed by atoms with Crippen LogP contribution in [0.5, 0.6) is 23.0 Å². The summed E-state index contributed by atoms with van der Waals surface area (Å²) in [4.78, 5) is 12.5. The Morgan fingerprint density at radius 3 is 2.14 bits per heavy atom. The van der Waals surface area contributed by atoms with Crippen molar-refractivity contribution in [2.24, 2.45) is 0 Å². The average Bonchev–Trinajstić information content (AvgIpc) is 3.25. The Bertz CT molecular complexity index is 979. The van der Waals surface area contributed by atoms with Gasteiger partial charge in [-0.1, -0.05) is 5.16 Å². The zero-order valence-corrected chi connectivity index (χ0v) is 16.6. The molecular weight excluding hydrogens is 378 g/mol. The molecular formula is C21H21NO7. The van der Waals surface area contributed by atoms with Gasteiger partial charge >= 0.3 is 5.97 Å². The molecule has 0 radical (unpaired) electrons. The summed E-state index contributed by atoms with van der Waals surface area (Å²) in [5, 5.41) is 4.01. The molecule has 0 fully saturated rings. The second kappa shape index (κ2) is 9.01. The molecule has 3 aromatic rings. The molecule has 29 heavy (non-hydrogen) atoms. The van der Waals surface area contributed by atoms with E-state index >= 15 is 0 Å². The number of nitrogens with zero attached hydrogens (tertiary/aromatic N) is 1. The van der Waals surface area contributed by atoms with Gasteiger partial charge in [0.25, 0.3) is 0 Å². The van der Waals surface area contributed by atoms with Crippen LogP contribution in [0.1, 0.15) is 16.1 Å². The molecule has 0 aliphatic heterocycles. The Balaban J connectivity index is 1.72. The maximum Gasteiger partial charge on any atom is 0.342 e. The van der Waals surface area contributed by atoms with Gasteiger partial charge in [-0.2, -0.15) is 0 Å². The molecule has 0 N–H and O–H groups in total. The fourth-order valence-corrected chi connectivity index (χ4v) is 2.68. The minimum Gasteiger partial charge on any atom is -0.497 e. The monoisotopic (exact) mass is 399 g/mol. The molecule has 0 bridgehead atoms. The molecule has 0 unspecified atom stereocenters. The van der Waals surface area contributed by atoms with Crippen LogP contribution in [0.15, 0.2) is 47.0 Å². The SMILES string of the molecule is COc1ccc(-c2cc(COC(=O)c3cc(OC)c(OC)cc3OC)on2)cc1. The predicted octanol–water partition coefficient (Wildman–Crippen LogP) is 3.73. The van der Waals surface area contributed by atoms with E-state index in [0.29, 0.717) is 28.7 Å². The van der Waals surface area contributed by atoms with Crippen LogP contribution in [0.2, 0.25) is 0 Å². The van der Waals surface area contributed by atoms with Crippen molar-refractivity contribution in [2.45, 2.75) is 6.61 Å². The highest BCUT2D eigenvalue weighted by Crippen LogP contribution is 2.35. The van der Waals surface area contributed by atoms with Crippen molar-refractivity contribution in [2.75, 3.05) is 28.4 Å². The molecule has 152 valence electrons. The molecule has 0 saturated carbocycles. The first-order chi connectivity index (χ1) is 14.1. The smallest absolute Gasteiger partial charge is 0.342 e. The zero-order chi connectivity index (χ0) is 20.8. The molecule has 0 spiro atoms. The number of esters is 1. The second-order valence-electron chi connectivity index (χ2n) is 5.89. The summed E-state index contributed by atoms with van der Waals surface area (Å²) in [6.07, 6.45) is 0. The van der Waals surface area contributed by atoms with Crippen LogP contribution in [-0.2, 0) is 11.3 Å². The zero-order valence-electron chi connectivity index (χ0n) is 16.6. The highest BCUT2D eigenvalue weighted by atomic mass is 16.6. The molecule has 0 aliphatic rings. The van der Waals surface area contributed by atoms with E-state index in [4.69, 9.17) is 28.2 Å². The topological polar surface area (TPSA) is 89.3 Å². The lowest BCUT2D eigenvalue weighted by molar-refractivity contribution is 0.0433. The molecule has 3 rings (SSSR count). The number of benzene rings is 2. The Morgan fingerprint density at radius 2 is 1.52 bits per heavy atom. The van der Waals surface area contributed by atoms with E-state index in [0.717, 1.165) is 11.3 Å². The summed E-state index contributed by atoms with van der Waals surface area (Å²) in [5.41, 5.74) is 1.69. The maximum atomic E-state index is 12.5. The van der Waals surface area contributed by atoms with E-state index in [-0.39, 0.29) is 12.2 Å². The largest absolute Gasteiger partial charge is 0.497 e. The van der Waals surface area contributed by atoms with Gasteiger partial charge < -0.3 is 28.2 Å². The van der Waals surface area contributed by atoms with Crippen LogP contribution < -0.4 is 18.9 Å². The van der Waals surface area contributed by atoms with E-state index in [2.05, 4.69) is 5.16 Å². The van der Waals surface area contributed by atoms with E-state index in [1.165, 1.54) is 27.4 Å². The molecule has 0 saturated heterocycles. The van der Waals surface area contributed by atoms with Gasteiger partial charge in [0, 0.05) is 23.8 Å². The van der Waals surface area contributed by atoms with Crippen molar-refractivity contribution in [3.8, 4) is 34.3 Å². The number of carbonyl (C=O) groups is 1. The lowest BCUT2D eigenvalue weighted by Gasteiger charge is -2.13. The number of ether oxygens (including phenoxy) is 5. The number of hydrogen-bond donors (Lipinski definition) is 0. The maximum absolute atomic E-state index is 12.5. The van der Waals surface area contributed by atoms with Gasteiger partial charge in [-0.25, -0.2) is 4.79 Å². The first kappa shape index (κ1) is 20.1. The number of rotatable bonds is 8. The Kier molecular flexibility index (Phi) is 6.23. The fourth-order valence-electron chi connectivity index (χ4n) is 2.68. The lowest BCUT2D eigenvalue weighted by atomic mass is 10.1. The first-order valence-corrected chi connectivity index (χ1v) is 8.66. The van der Waals surface area contributed by atoms with Crippen molar-refractivity contribution in [3.05, 3.63) is 53.8 Å². The normalized spacial score (nSPS) is 10.3. The summed E-state index contributed by atoms with van der Waals surface area (Å²) in [7, 11) is 6.04. The summed E-state index contributed by atoms with van der Waals surface area (Å²) in [6.45, 7) is -0.0838. The molecule has 0 amide bonds. The van der Waals surface area contributed by atoms with Crippen molar-refractivity contribution >= 4 is 5.97 Å². The molecule has 1 heterocycles. The number of hydrogen-bond acceptors (Lipinski definition) is 8. The third kappa shape index (κ3) is 4.43. The van der Waals surface area contributed by atoms with Crippen LogP contribution in [0.3, 0.4) is 0 Å². The molecule has 2 aromatic carbocycles. The van der Waals surface area contributed by atoms with Gasteiger partial charge in [0.2, 0.25) is 0 Å². The quantitative estimate of drug-likeness (QED) is 0.529. The highest BCUT2D eigenvalue weighted by Gasteiger charge is 2.20. The van der Waals surface area contributed by atoms with Crippen LogP contribution >= 0.6 is 0 Å². The van der Waals surface area contributed by atoms with Crippen molar-refractivity contribution in [3.63, 3.8) is 0 Å². The van der Waals surface area contributed by atoms with Gasteiger partial charge in [-0.3, -0.25) is 0 Å². The molecule has 0 aliphatic carbocycles. The predicted molar refractivity (Wildman–Crippen MR) is 104 cm³/mol. The van der Waals surface area contributed by atoms with Crippen LogP contribution in [0.4, 0.5) is 0 Å². The van der Waals surface area contributed by atoms with Gasteiger partial charge in [0.15, 0.2) is 23.9 Å². The standard InChI is InChI=1S/C21H21NO7/c1-24-14-7-5-13(6-8-14)17-9-15(29-22-17)12-28-21(23)16-10-19(26-3)20(27-4)11-18(16)25-2/h5-11H,12H2,1-4H3. The van der Waals surface area contributed by atoms with E-state index in [9.17, 15) is 4.79 Å². The first-order valence-electron chi connectivity index (χ1n) is 8.66. The molecule has 8 heteroatoms. The summed E-state index contributed by atoms with van der Waals surface area (Å²) >= 11 is 0. The van der Waals surface area contributed by atoms with Gasteiger partial charge in [-0.15, -0.1) is 0 Å². The molecule has 1 aromatic heterocycles. The second-order valence-corrected chi connectivity index (χ2v) is 5.89. The summed E-state index contributed by atoms with van der Waals surface area (Å²) < 4.78 is 31.5. The van der Waals surface area contributed by atoms with Crippen LogP contribution in [-0.4, -0.2) is 39.6 Å². The molecule has 8 nitrogen and oxygen atoms in total. The van der Waals surface area contributed by atoms with Crippen molar-refractivity contribution in [1.29, 1.82) is 0 Å². The number of methoxy groups -OCH3 is 4. The van der Waals surface area contributed by atoms with Gasteiger partial charge in [0.05, 0.1) is 28.4 Å². The number of aromatic nitrogens is 1. The lowest BCUT2D eigenvalue weighted by Crippen LogP contribution is -2.08. The van der Waals surface area contributed by atoms with Crippen molar-refractivity contribution < 1.29 is 33.0 Å². The summed E-state index contributed by atoms with van der Waals surface area (Å²) in [5.74, 6) is 1.70. The third-order valence-corrected chi connectivity index (χ3v) is 4.22. The highest BCUT2D eigenvalue weighted by molar-refractivity contribution is 5.93. The van der Waals surface area contributed by atoms with Crippen LogP contribution in [0, 0.1) is 0 Å². The average molecular weight is 399 g/mol. The van der Waals surface area contributed by atoms with E-state index < -0.39 is 5.97 Å². The fraction of sp³-hybridized carbons (Fsp3) is 0.238. The minimum atomic E-state index is -0.592. The Labute approximate surface area is 167 Å². The van der Waals surface area contributed by atoms with Gasteiger partial charge in [-0.05, 0) is 24.3 Å². The minimum absolute atomic E-state index is 0.0838.